The van der Waals surface area contributed by atoms with E-state index in [2.05, 4.69) is 0 Å². The summed E-state index contributed by atoms with van der Waals surface area (Å²) in [7, 11) is 1.39. The number of carbonyl (C=O) groups is 1. The van der Waals surface area contributed by atoms with Crippen molar-refractivity contribution in [2.45, 2.75) is 12.5 Å². The average molecular weight is 272 g/mol. The van der Waals surface area contributed by atoms with Crippen LogP contribution in [0.5, 0.6) is 11.5 Å². The maximum absolute atomic E-state index is 11.0. The van der Waals surface area contributed by atoms with Crippen LogP contribution in [0.1, 0.15) is 5.56 Å². The Morgan fingerprint density at radius 3 is 2.40 bits per heavy atom. The highest BCUT2D eigenvalue weighted by molar-refractivity contribution is 5.73. The van der Waals surface area contributed by atoms with Gasteiger partial charge < -0.3 is 14.6 Å². The van der Waals surface area contributed by atoms with Crippen molar-refractivity contribution in [3.05, 3.63) is 60.2 Å². The lowest BCUT2D eigenvalue weighted by Crippen LogP contribution is -2.25. The number of para-hydroxylation sites is 2. The molecule has 104 valence electrons. The number of hydrogen-bond donors (Lipinski definition) is 1. The van der Waals surface area contributed by atoms with Crippen molar-refractivity contribution in [1.82, 2.24) is 0 Å². The Morgan fingerprint density at radius 1 is 1.10 bits per heavy atom. The number of methoxy groups -OCH3 is 1. The lowest BCUT2D eigenvalue weighted by atomic mass is 10.1. The van der Waals surface area contributed by atoms with Crippen LogP contribution in [0.4, 0.5) is 0 Å². The van der Waals surface area contributed by atoms with Crippen LogP contribution < -0.4 is 4.74 Å². The Morgan fingerprint density at radius 2 is 1.75 bits per heavy atom. The van der Waals surface area contributed by atoms with Crippen molar-refractivity contribution >= 4 is 5.97 Å². The van der Waals surface area contributed by atoms with Crippen LogP contribution >= 0.6 is 0 Å². The molecule has 0 spiro atoms. The summed E-state index contributed by atoms with van der Waals surface area (Å²) in [6.45, 7) is 0. The highest BCUT2D eigenvalue weighted by Crippen LogP contribution is 2.26. The molecular weight excluding hydrogens is 256 g/mol. The smallest absolute Gasteiger partial charge is 0.333 e. The maximum atomic E-state index is 11.0. The van der Waals surface area contributed by atoms with Crippen LogP contribution in [0.2, 0.25) is 0 Å². The minimum atomic E-state index is -0.984. The van der Waals surface area contributed by atoms with Gasteiger partial charge in [-0.05, 0) is 23.8 Å². The minimum absolute atomic E-state index is 0.259. The molecule has 4 nitrogen and oxygen atoms in total. The topological polar surface area (TPSA) is 55.8 Å². The fraction of sp³-hybridized carbons (Fsp3) is 0.188. The number of rotatable bonds is 6. The second-order valence-corrected chi connectivity index (χ2v) is 4.29. The fourth-order valence-corrected chi connectivity index (χ4v) is 1.86. The molecule has 0 aliphatic rings. The zero-order valence-corrected chi connectivity index (χ0v) is 11.2. The third-order valence-corrected chi connectivity index (χ3v) is 2.91. The van der Waals surface area contributed by atoms with Crippen molar-refractivity contribution < 1.29 is 19.4 Å². The van der Waals surface area contributed by atoms with Gasteiger partial charge in [0, 0.05) is 13.5 Å². The molecule has 0 aromatic heterocycles. The molecule has 4 heteroatoms. The van der Waals surface area contributed by atoms with Crippen LogP contribution in [0.25, 0.3) is 0 Å². The van der Waals surface area contributed by atoms with Gasteiger partial charge in [0.1, 0.15) is 11.5 Å². The van der Waals surface area contributed by atoms with Gasteiger partial charge in [-0.2, -0.15) is 0 Å². The van der Waals surface area contributed by atoms with Crippen molar-refractivity contribution in [1.29, 1.82) is 0 Å². The molecule has 2 rings (SSSR count). The van der Waals surface area contributed by atoms with Crippen molar-refractivity contribution in [2.24, 2.45) is 0 Å². The van der Waals surface area contributed by atoms with Gasteiger partial charge in [-0.15, -0.1) is 0 Å². The Hall–Kier alpha value is -2.33. The van der Waals surface area contributed by atoms with Crippen LogP contribution in [-0.2, 0) is 16.0 Å². The number of carboxylic acids is 1. The predicted octanol–water partition coefficient (Wildman–Crippen LogP) is 3.12. The molecule has 1 atom stereocenters. The molecule has 0 heterocycles. The van der Waals surface area contributed by atoms with Gasteiger partial charge in [0.2, 0.25) is 0 Å². The monoisotopic (exact) mass is 272 g/mol. The maximum Gasteiger partial charge on any atom is 0.333 e. The van der Waals surface area contributed by atoms with Crippen LogP contribution in [0.15, 0.2) is 54.6 Å². The molecule has 2 aromatic carbocycles. The first-order chi connectivity index (χ1) is 9.70. The first-order valence-corrected chi connectivity index (χ1v) is 6.27. The number of carboxylic acid groups (broad SMARTS) is 1. The predicted molar refractivity (Wildman–Crippen MR) is 75.1 cm³/mol. The van der Waals surface area contributed by atoms with E-state index in [1.165, 1.54) is 7.11 Å². The van der Waals surface area contributed by atoms with Crippen molar-refractivity contribution in [3.63, 3.8) is 0 Å². The molecule has 0 radical (unpaired) electrons. The second-order valence-electron chi connectivity index (χ2n) is 4.29. The van der Waals surface area contributed by atoms with E-state index in [0.29, 0.717) is 11.5 Å². The second kappa shape index (κ2) is 6.73. The van der Waals surface area contributed by atoms with Gasteiger partial charge in [-0.1, -0.05) is 36.4 Å². The Kier molecular flexibility index (Phi) is 4.74. The molecule has 1 N–H and O–H groups in total. The molecule has 0 saturated carbocycles. The van der Waals surface area contributed by atoms with E-state index < -0.39 is 12.1 Å². The molecule has 0 aliphatic heterocycles. The fourth-order valence-electron chi connectivity index (χ4n) is 1.86. The highest BCUT2D eigenvalue weighted by Gasteiger charge is 2.19. The summed E-state index contributed by atoms with van der Waals surface area (Å²) in [6, 6.07) is 16.7. The first-order valence-electron chi connectivity index (χ1n) is 6.27. The lowest BCUT2D eigenvalue weighted by Gasteiger charge is -2.14. The van der Waals surface area contributed by atoms with Gasteiger partial charge in [0.15, 0.2) is 6.10 Å². The van der Waals surface area contributed by atoms with Gasteiger partial charge in [-0.25, -0.2) is 4.79 Å². The molecule has 20 heavy (non-hydrogen) atoms. The zero-order chi connectivity index (χ0) is 14.4. The van der Waals surface area contributed by atoms with Gasteiger partial charge in [0.25, 0.3) is 0 Å². The molecule has 2 aromatic rings. The summed E-state index contributed by atoms with van der Waals surface area (Å²) >= 11 is 0. The summed E-state index contributed by atoms with van der Waals surface area (Å²) in [5, 5.41) is 9.05. The molecular formula is C16H16O4. The standard InChI is InChI=1S/C16H16O4/c1-19-15(16(17)18)11-12-7-5-6-10-14(12)20-13-8-3-2-4-9-13/h2-10,15H,11H2,1H3,(H,17,18). The molecule has 0 amide bonds. The quantitative estimate of drug-likeness (QED) is 0.877. The summed E-state index contributed by atoms with van der Waals surface area (Å²) in [5.74, 6) is 0.369. The zero-order valence-electron chi connectivity index (χ0n) is 11.2. The Bertz CT molecular complexity index is 566. The largest absolute Gasteiger partial charge is 0.479 e. The minimum Gasteiger partial charge on any atom is -0.479 e. The number of ether oxygens (including phenoxy) is 2. The van der Waals surface area contributed by atoms with E-state index in [9.17, 15) is 4.79 Å². The molecule has 0 aliphatic carbocycles. The summed E-state index contributed by atoms with van der Waals surface area (Å²) in [5.41, 5.74) is 0.797. The first kappa shape index (κ1) is 14.1. The van der Waals surface area contributed by atoms with Gasteiger partial charge in [0.05, 0.1) is 0 Å². The Balaban J connectivity index is 2.20. The molecule has 0 fully saturated rings. The third kappa shape index (κ3) is 3.59. The summed E-state index contributed by atoms with van der Waals surface area (Å²) < 4.78 is 10.8. The summed E-state index contributed by atoms with van der Waals surface area (Å²) in [6.07, 6.45) is -0.620. The highest BCUT2D eigenvalue weighted by atomic mass is 16.5. The number of hydrogen-bond acceptors (Lipinski definition) is 3. The normalized spacial score (nSPS) is 11.8. The van der Waals surface area contributed by atoms with E-state index in [0.717, 1.165) is 5.56 Å². The van der Waals surface area contributed by atoms with E-state index in [-0.39, 0.29) is 6.42 Å². The lowest BCUT2D eigenvalue weighted by molar-refractivity contribution is -0.148. The molecule has 0 bridgehead atoms. The average Bonchev–Trinajstić information content (AvgIpc) is 2.47. The number of aliphatic carboxylic acids is 1. The van der Waals surface area contributed by atoms with Crippen LogP contribution in [-0.4, -0.2) is 24.3 Å². The summed E-state index contributed by atoms with van der Waals surface area (Å²) in [4.78, 5) is 11.0. The van der Waals surface area contributed by atoms with E-state index >= 15 is 0 Å². The number of benzene rings is 2. The molecule has 0 saturated heterocycles. The van der Waals surface area contributed by atoms with E-state index in [1.54, 1.807) is 0 Å². The van der Waals surface area contributed by atoms with Crippen molar-refractivity contribution in [3.8, 4) is 11.5 Å². The van der Waals surface area contributed by atoms with Crippen LogP contribution in [0.3, 0.4) is 0 Å². The van der Waals surface area contributed by atoms with E-state index in [1.807, 2.05) is 54.6 Å². The van der Waals surface area contributed by atoms with Gasteiger partial charge >= 0.3 is 5.97 Å². The van der Waals surface area contributed by atoms with E-state index in [4.69, 9.17) is 14.6 Å². The SMILES string of the molecule is COC(Cc1ccccc1Oc1ccccc1)C(=O)O. The third-order valence-electron chi connectivity index (χ3n) is 2.91. The van der Waals surface area contributed by atoms with Crippen LogP contribution in [0, 0.1) is 0 Å². The molecule has 1 unspecified atom stereocenters. The van der Waals surface area contributed by atoms with Crippen molar-refractivity contribution in [2.75, 3.05) is 7.11 Å². The van der Waals surface area contributed by atoms with Gasteiger partial charge in [-0.3, -0.25) is 0 Å². The Labute approximate surface area is 117 Å².